The third kappa shape index (κ3) is 8.15. The highest BCUT2D eigenvalue weighted by Crippen LogP contribution is 2.20. The molecule has 0 aromatic heterocycles. The van der Waals surface area contributed by atoms with Gasteiger partial charge in [0.1, 0.15) is 0 Å². The van der Waals surface area contributed by atoms with Crippen LogP contribution >= 0.6 is 24.8 Å². The SMILES string of the molecule is CNCCCC(=O)Nc1cccc(N(C)C(C)C)c1.Cl.Cl. The van der Waals surface area contributed by atoms with Crippen LogP contribution in [0.25, 0.3) is 0 Å². The monoisotopic (exact) mass is 335 g/mol. The van der Waals surface area contributed by atoms with E-state index in [4.69, 9.17) is 0 Å². The van der Waals surface area contributed by atoms with Gasteiger partial charge in [-0.05, 0) is 52.1 Å². The Hall–Kier alpha value is -0.970. The molecular weight excluding hydrogens is 309 g/mol. The molecule has 0 saturated heterocycles. The predicted molar refractivity (Wildman–Crippen MR) is 96.3 cm³/mol. The van der Waals surface area contributed by atoms with Crippen LogP contribution in [0, 0.1) is 0 Å². The molecule has 1 amide bonds. The Kier molecular flexibility index (Phi) is 12.4. The zero-order chi connectivity index (χ0) is 14.3. The second kappa shape index (κ2) is 11.7. The van der Waals surface area contributed by atoms with Crippen LogP contribution in [0.5, 0.6) is 0 Å². The van der Waals surface area contributed by atoms with Crippen molar-refractivity contribution in [2.75, 3.05) is 30.9 Å². The Bertz CT molecular complexity index is 414. The minimum absolute atomic E-state index is 0. The van der Waals surface area contributed by atoms with Crippen LogP contribution in [0.2, 0.25) is 0 Å². The van der Waals surface area contributed by atoms with Crippen molar-refractivity contribution < 1.29 is 4.79 Å². The molecule has 1 aromatic carbocycles. The molecule has 4 nitrogen and oxygen atoms in total. The lowest BCUT2D eigenvalue weighted by Gasteiger charge is -2.24. The molecule has 0 bridgehead atoms. The van der Waals surface area contributed by atoms with Crippen LogP contribution in [0.1, 0.15) is 26.7 Å². The Morgan fingerprint density at radius 1 is 1.29 bits per heavy atom. The highest BCUT2D eigenvalue weighted by molar-refractivity contribution is 5.91. The van der Waals surface area contributed by atoms with Crippen LogP contribution in [-0.4, -0.2) is 32.6 Å². The van der Waals surface area contributed by atoms with Crippen molar-refractivity contribution in [2.24, 2.45) is 0 Å². The first-order chi connectivity index (χ1) is 9.04. The summed E-state index contributed by atoms with van der Waals surface area (Å²) in [5.41, 5.74) is 1.97. The van der Waals surface area contributed by atoms with Gasteiger partial charge in [0.25, 0.3) is 0 Å². The summed E-state index contributed by atoms with van der Waals surface area (Å²) in [4.78, 5) is 13.9. The maximum absolute atomic E-state index is 11.7. The number of hydrogen-bond donors (Lipinski definition) is 2. The van der Waals surface area contributed by atoms with Gasteiger partial charge in [-0.3, -0.25) is 4.79 Å². The second-order valence-electron chi connectivity index (χ2n) is 5.01. The molecule has 0 fully saturated rings. The maximum Gasteiger partial charge on any atom is 0.224 e. The van der Waals surface area contributed by atoms with E-state index in [1.165, 1.54) is 0 Å². The molecule has 21 heavy (non-hydrogen) atoms. The lowest BCUT2D eigenvalue weighted by atomic mass is 10.2. The van der Waals surface area contributed by atoms with Crippen LogP contribution in [-0.2, 0) is 4.79 Å². The highest BCUT2D eigenvalue weighted by Gasteiger charge is 2.07. The summed E-state index contributed by atoms with van der Waals surface area (Å²) >= 11 is 0. The Morgan fingerprint density at radius 2 is 1.95 bits per heavy atom. The molecule has 122 valence electrons. The second-order valence-corrected chi connectivity index (χ2v) is 5.01. The first-order valence-electron chi connectivity index (χ1n) is 6.82. The smallest absolute Gasteiger partial charge is 0.224 e. The van der Waals surface area contributed by atoms with E-state index in [0.29, 0.717) is 12.5 Å². The lowest BCUT2D eigenvalue weighted by Crippen LogP contribution is -2.25. The number of nitrogens with one attached hydrogen (secondary N) is 2. The number of amides is 1. The van der Waals surface area contributed by atoms with Gasteiger partial charge in [0.2, 0.25) is 5.91 Å². The Labute approximate surface area is 140 Å². The number of anilines is 2. The van der Waals surface area contributed by atoms with Crippen molar-refractivity contribution in [3.05, 3.63) is 24.3 Å². The average molecular weight is 336 g/mol. The van der Waals surface area contributed by atoms with E-state index in [0.717, 1.165) is 24.3 Å². The van der Waals surface area contributed by atoms with E-state index in [1.807, 2.05) is 25.2 Å². The fraction of sp³-hybridized carbons (Fsp3) is 0.533. The van der Waals surface area contributed by atoms with E-state index in [2.05, 4.69) is 42.5 Å². The first kappa shape index (κ1) is 22.3. The summed E-state index contributed by atoms with van der Waals surface area (Å²) in [6.07, 6.45) is 1.40. The molecule has 0 saturated carbocycles. The van der Waals surface area contributed by atoms with Gasteiger partial charge in [0.15, 0.2) is 0 Å². The zero-order valence-corrected chi connectivity index (χ0v) is 14.8. The van der Waals surface area contributed by atoms with Crippen LogP contribution < -0.4 is 15.5 Å². The number of carbonyl (C=O) groups excluding carboxylic acids is 1. The average Bonchev–Trinajstić information content (AvgIpc) is 2.38. The first-order valence-corrected chi connectivity index (χ1v) is 6.82. The summed E-state index contributed by atoms with van der Waals surface area (Å²) in [5.74, 6) is 0.0691. The minimum Gasteiger partial charge on any atom is -0.372 e. The third-order valence-corrected chi connectivity index (χ3v) is 3.14. The minimum atomic E-state index is 0. The predicted octanol–water partition coefficient (Wildman–Crippen LogP) is 3.31. The Morgan fingerprint density at radius 3 is 2.52 bits per heavy atom. The zero-order valence-electron chi connectivity index (χ0n) is 13.2. The highest BCUT2D eigenvalue weighted by atomic mass is 35.5. The summed E-state index contributed by atoms with van der Waals surface area (Å²) in [6.45, 7) is 5.15. The third-order valence-electron chi connectivity index (χ3n) is 3.14. The molecule has 0 heterocycles. The molecule has 0 aliphatic rings. The number of benzene rings is 1. The molecule has 0 atom stereocenters. The summed E-state index contributed by atoms with van der Waals surface area (Å²) in [7, 11) is 3.95. The number of carbonyl (C=O) groups is 1. The number of hydrogen-bond acceptors (Lipinski definition) is 3. The molecule has 0 radical (unpaired) electrons. The molecular formula is C15H27Cl2N3O. The van der Waals surface area contributed by atoms with Gasteiger partial charge < -0.3 is 15.5 Å². The van der Waals surface area contributed by atoms with Gasteiger partial charge in [0, 0.05) is 30.9 Å². The molecule has 0 unspecified atom stereocenters. The van der Waals surface area contributed by atoms with Crippen molar-refractivity contribution >= 4 is 42.1 Å². The van der Waals surface area contributed by atoms with E-state index in [-0.39, 0.29) is 30.7 Å². The lowest BCUT2D eigenvalue weighted by molar-refractivity contribution is -0.116. The maximum atomic E-state index is 11.7. The topological polar surface area (TPSA) is 44.4 Å². The summed E-state index contributed by atoms with van der Waals surface area (Å²) in [5, 5.41) is 5.98. The van der Waals surface area contributed by atoms with E-state index >= 15 is 0 Å². The van der Waals surface area contributed by atoms with Crippen LogP contribution in [0.3, 0.4) is 0 Å². The Balaban J connectivity index is 0. The van der Waals surface area contributed by atoms with E-state index in [1.54, 1.807) is 0 Å². The van der Waals surface area contributed by atoms with Gasteiger partial charge >= 0.3 is 0 Å². The number of halogens is 2. The van der Waals surface area contributed by atoms with Crippen molar-refractivity contribution in [3.8, 4) is 0 Å². The standard InChI is InChI=1S/C15H25N3O.2ClH/c1-12(2)18(4)14-8-5-7-13(11-14)17-15(19)9-6-10-16-3;;/h5,7-8,11-12,16H,6,9-10H2,1-4H3,(H,17,19);2*1H. The van der Waals surface area contributed by atoms with Gasteiger partial charge in [-0.1, -0.05) is 6.07 Å². The fourth-order valence-corrected chi connectivity index (χ4v) is 1.75. The molecule has 0 aliphatic carbocycles. The van der Waals surface area contributed by atoms with Gasteiger partial charge in [-0.25, -0.2) is 0 Å². The van der Waals surface area contributed by atoms with Crippen molar-refractivity contribution in [3.63, 3.8) is 0 Å². The molecule has 0 spiro atoms. The van der Waals surface area contributed by atoms with Crippen molar-refractivity contribution in [2.45, 2.75) is 32.7 Å². The summed E-state index contributed by atoms with van der Waals surface area (Å²) < 4.78 is 0. The van der Waals surface area contributed by atoms with Crippen molar-refractivity contribution in [1.29, 1.82) is 0 Å². The summed E-state index contributed by atoms with van der Waals surface area (Å²) in [6, 6.07) is 8.39. The molecule has 1 aromatic rings. The van der Waals surface area contributed by atoms with Gasteiger partial charge in [0.05, 0.1) is 0 Å². The number of nitrogens with zero attached hydrogens (tertiary/aromatic N) is 1. The quantitative estimate of drug-likeness (QED) is 0.751. The van der Waals surface area contributed by atoms with Crippen molar-refractivity contribution in [1.82, 2.24) is 5.32 Å². The molecule has 1 rings (SSSR count). The van der Waals surface area contributed by atoms with Gasteiger partial charge in [-0.15, -0.1) is 24.8 Å². The number of rotatable bonds is 7. The molecule has 2 N–H and O–H groups in total. The fourth-order valence-electron chi connectivity index (χ4n) is 1.75. The molecule has 6 heteroatoms. The van der Waals surface area contributed by atoms with E-state index < -0.39 is 0 Å². The normalized spacial score (nSPS) is 9.57. The van der Waals surface area contributed by atoms with Gasteiger partial charge in [-0.2, -0.15) is 0 Å². The largest absolute Gasteiger partial charge is 0.372 e. The van der Waals surface area contributed by atoms with E-state index in [9.17, 15) is 4.79 Å². The van der Waals surface area contributed by atoms with Crippen LogP contribution in [0.15, 0.2) is 24.3 Å². The van der Waals surface area contributed by atoms with Crippen LogP contribution in [0.4, 0.5) is 11.4 Å². The molecule has 0 aliphatic heterocycles.